The first-order chi connectivity index (χ1) is 9.90. The van der Waals surface area contributed by atoms with E-state index in [1.165, 1.54) is 18.2 Å². The van der Waals surface area contributed by atoms with E-state index < -0.39 is 10.4 Å². The van der Waals surface area contributed by atoms with Crippen molar-refractivity contribution < 1.29 is 9.34 Å². The Kier molecular flexibility index (Phi) is 3.24. The molecule has 1 aliphatic heterocycles. The maximum absolute atomic E-state index is 11.8. The molecule has 3 rings (SSSR count). The largest absolute Gasteiger partial charge is 0.451 e. The molecule has 0 aromatic heterocycles. The van der Waals surface area contributed by atoms with E-state index in [0.29, 0.717) is 5.52 Å². The quantitative estimate of drug-likeness (QED) is 0.286. The Hall–Kier alpha value is -1.89. The average molecular weight is 346 g/mol. The fourth-order valence-electron chi connectivity index (χ4n) is 1.82. The number of halogens is 3. The fourth-order valence-corrected chi connectivity index (χ4v) is 2.49. The highest BCUT2D eigenvalue weighted by molar-refractivity contribution is 6.45. The van der Waals surface area contributed by atoms with Crippen LogP contribution in [0.25, 0.3) is 22.6 Å². The van der Waals surface area contributed by atoms with Crippen LogP contribution in [0.5, 0.6) is 0 Å². The second-order valence-electron chi connectivity index (χ2n) is 4.07. The van der Waals surface area contributed by atoms with E-state index in [-0.39, 0.29) is 37.8 Å². The Balaban J connectivity index is 2.47. The van der Waals surface area contributed by atoms with Gasteiger partial charge in [-0.1, -0.05) is 34.8 Å². The molecule has 0 fully saturated rings. The summed E-state index contributed by atoms with van der Waals surface area (Å²) in [6.45, 7) is 0. The molecule has 0 saturated carbocycles. The molecule has 0 atom stereocenters. The zero-order valence-corrected chi connectivity index (χ0v) is 12.2. The van der Waals surface area contributed by atoms with E-state index >= 15 is 0 Å². The third-order valence-electron chi connectivity index (χ3n) is 2.81. The Morgan fingerprint density at radius 2 is 1.86 bits per heavy atom. The lowest BCUT2D eigenvalue weighted by Gasteiger charge is -2.10. The highest BCUT2D eigenvalue weighted by Crippen LogP contribution is 2.38. The maximum Gasteiger partial charge on any atom is 0.273 e. The summed E-state index contributed by atoms with van der Waals surface area (Å²) < 4.78 is 5.44. The average Bonchev–Trinajstić information content (AvgIpc) is 2.48. The zero-order chi connectivity index (χ0) is 15.3. The minimum Gasteiger partial charge on any atom is -0.451 e. The van der Waals surface area contributed by atoms with Crippen molar-refractivity contribution in [3.05, 3.63) is 53.6 Å². The van der Waals surface area contributed by atoms with Gasteiger partial charge in [0.2, 0.25) is 5.43 Å². The van der Waals surface area contributed by atoms with E-state index in [1.54, 1.807) is 0 Å². The van der Waals surface area contributed by atoms with E-state index in [1.807, 2.05) is 0 Å². The molecule has 0 unspecified atom stereocenters. The highest BCUT2D eigenvalue weighted by atomic mass is 35.5. The zero-order valence-electron chi connectivity index (χ0n) is 9.89. The van der Waals surface area contributed by atoms with Gasteiger partial charge in [0.05, 0.1) is 16.0 Å². The van der Waals surface area contributed by atoms with Crippen LogP contribution in [0.2, 0.25) is 15.1 Å². The summed E-state index contributed by atoms with van der Waals surface area (Å²) in [4.78, 5) is 26.1. The lowest BCUT2D eigenvalue weighted by molar-refractivity contribution is -0.384. The van der Waals surface area contributed by atoms with Crippen LogP contribution in [-0.2, 0) is 0 Å². The molecule has 106 valence electrons. The van der Waals surface area contributed by atoms with Gasteiger partial charge in [0.15, 0.2) is 11.3 Å². The molecular weight excluding hydrogens is 343 g/mol. The topological polar surface area (TPSA) is 86.2 Å². The van der Waals surface area contributed by atoms with Gasteiger partial charge in [0, 0.05) is 6.07 Å². The summed E-state index contributed by atoms with van der Waals surface area (Å²) >= 11 is 17.6. The van der Waals surface area contributed by atoms with Gasteiger partial charge in [0.1, 0.15) is 21.3 Å². The number of hydrogen-bond acceptors (Lipinski definition) is 5. The lowest BCUT2D eigenvalue weighted by Crippen LogP contribution is -2.07. The molecule has 0 radical (unpaired) electrons. The first kappa shape index (κ1) is 14.1. The second kappa shape index (κ2) is 4.84. The smallest absolute Gasteiger partial charge is 0.273 e. The molecule has 0 saturated heterocycles. The summed E-state index contributed by atoms with van der Waals surface area (Å²) in [7, 11) is 0. The van der Waals surface area contributed by atoms with Crippen LogP contribution < -0.4 is 5.43 Å². The summed E-state index contributed by atoms with van der Waals surface area (Å²) in [6, 6.07) is 3.86. The summed E-state index contributed by atoms with van der Waals surface area (Å²) in [6.07, 6.45) is 0. The lowest BCUT2D eigenvalue weighted by atomic mass is 10.2. The van der Waals surface area contributed by atoms with Crippen molar-refractivity contribution in [3.63, 3.8) is 0 Å². The van der Waals surface area contributed by atoms with Gasteiger partial charge in [-0.2, -0.15) is 0 Å². The van der Waals surface area contributed by atoms with Crippen LogP contribution in [0.15, 0.2) is 27.4 Å². The minimum atomic E-state index is -0.689. The third kappa shape index (κ3) is 2.12. The van der Waals surface area contributed by atoms with Gasteiger partial charge >= 0.3 is 0 Å². The number of nitro benzene ring substituents is 1. The third-order valence-corrected chi connectivity index (χ3v) is 3.98. The molecule has 21 heavy (non-hydrogen) atoms. The maximum atomic E-state index is 11.8. The van der Waals surface area contributed by atoms with Crippen LogP contribution in [0.1, 0.15) is 0 Å². The normalized spacial score (nSPS) is 11.2. The Labute approximate surface area is 131 Å². The molecule has 1 heterocycles. The molecule has 0 bridgehead atoms. The van der Waals surface area contributed by atoms with Gasteiger partial charge < -0.3 is 4.42 Å². The van der Waals surface area contributed by atoms with Gasteiger partial charge in [-0.3, -0.25) is 14.9 Å². The molecule has 6 nitrogen and oxygen atoms in total. The summed E-state index contributed by atoms with van der Waals surface area (Å²) in [5.41, 5.74) is -0.318. The van der Waals surface area contributed by atoms with Crippen LogP contribution in [0, 0.1) is 10.1 Å². The molecule has 0 amide bonds. The van der Waals surface area contributed by atoms with Crippen LogP contribution >= 0.6 is 34.8 Å². The molecule has 2 aliphatic rings. The van der Waals surface area contributed by atoms with E-state index in [9.17, 15) is 14.9 Å². The minimum absolute atomic E-state index is 0.0657. The van der Waals surface area contributed by atoms with Gasteiger partial charge in [-0.05, 0) is 6.07 Å². The van der Waals surface area contributed by atoms with Crippen LogP contribution in [0.3, 0.4) is 0 Å². The summed E-state index contributed by atoms with van der Waals surface area (Å²) in [5, 5.41) is 10.1. The first-order valence-corrected chi connectivity index (χ1v) is 6.59. The summed E-state index contributed by atoms with van der Waals surface area (Å²) in [5.74, 6) is -0.0657. The Morgan fingerprint density at radius 3 is 2.52 bits per heavy atom. The predicted octanol–water partition coefficient (Wildman–Crippen LogP) is 4.16. The molecule has 1 aromatic carbocycles. The monoisotopic (exact) mass is 344 g/mol. The number of nitro groups is 1. The van der Waals surface area contributed by atoms with Crippen molar-refractivity contribution in [1.29, 1.82) is 0 Å². The SMILES string of the molecule is O=c1c(Cl)c2oc3cc([N+](=O)[O-])ccc3nc-2c(Cl)c1Cl. The molecule has 0 spiro atoms. The van der Waals surface area contributed by atoms with Gasteiger partial charge in [-0.15, -0.1) is 0 Å². The second-order valence-corrected chi connectivity index (χ2v) is 5.21. The molecule has 1 aliphatic carbocycles. The van der Waals surface area contributed by atoms with E-state index in [2.05, 4.69) is 4.98 Å². The molecule has 0 N–H and O–H groups in total. The first-order valence-electron chi connectivity index (χ1n) is 5.45. The van der Waals surface area contributed by atoms with E-state index in [4.69, 9.17) is 39.2 Å². The van der Waals surface area contributed by atoms with Gasteiger partial charge in [-0.25, -0.2) is 4.98 Å². The number of non-ortho nitro benzene ring substituents is 1. The Morgan fingerprint density at radius 1 is 1.14 bits per heavy atom. The van der Waals surface area contributed by atoms with Crippen molar-refractivity contribution in [2.75, 3.05) is 0 Å². The predicted molar refractivity (Wildman–Crippen MR) is 78.6 cm³/mol. The molecule has 9 heteroatoms. The molecule has 1 aromatic rings. The van der Waals surface area contributed by atoms with Crippen molar-refractivity contribution in [1.82, 2.24) is 4.98 Å². The number of benzene rings is 2. The van der Waals surface area contributed by atoms with Crippen molar-refractivity contribution in [3.8, 4) is 11.5 Å². The molecular formula is C12H3Cl3N2O4. The fraction of sp³-hybridized carbons (Fsp3) is 0. The van der Waals surface area contributed by atoms with E-state index in [0.717, 1.165) is 0 Å². The van der Waals surface area contributed by atoms with Gasteiger partial charge in [0.25, 0.3) is 5.69 Å². The number of rotatable bonds is 1. The number of aromatic nitrogens is 1. The Bertz CT molecular complexity index is 938. The highest BCUT2D eigenvalue weighted by Gasteiger charge is 2.24. The standard InChI is InChI=1S/C12H3Cl3N2O4/c13-7-8(14)11(18)9(15)12-10(7)16-5-2-1-4(17(19)20)3-6(5)21-12/h1-3H. The number of nitrogens with zero attached hydrogens (tertiary/aromatic N) is 2. The number of hydrogen-bond donors (Lipinski definition) is 0. The van der Waals surface area contributed by atoms with Crippen molar-refractivity contribution in [2.24, 2.45) is 0 Å². The van der Waals surface area contributed by atoms with Crippen molar-refractivity contribution in [2.45, 2.75) is 0 Å². The van der Waals surface area contributed by atoms with Crippen molar-refractivity contribution >= 4 is 51.6 Å². The number of fused-ring (bicyclic) bond motifs is 2. The van der Waals surface area contributed by atoms with Crippen LogP contribution in [0.4, 0.5) is 5.69 Å². The van der Waals surface area contributed by atoms with Crippen LogP contribution in [-0.4, -0.2) is 9.91 Å².